The average molecular weight is 1390 g/mol. The van der Waals surface area contributed by atoms with Crippen LogP contribution < -0.4 is 24.6 Å². The number of alkyl carbamates (subject to hydrolysis) is 1. The number of carbonyl (C=O) groups excluding carboxylic acids is 8. The summed E-state index contributed by atoms with van der Waals surface area (Å²) in [6, 6.07) is 29.1. The van der Waals surface area contributed by atoms with Crippen LogP contribution in [0, 0.1) is 0 Å². The number of alkyl halides is 6. The van der Waals surface area contributed by atoms with Gasteiger partial charge in [-0.3, -0.25) is 19.2 Å². The number of carbonyl (C=O) groups is 8. The van der Waals surface area contributed by atoms with Gasteiger partial charge in [-0.15, -0.1) is 0 Å². The molecule has 2 fully saturated rings. The van der Waals surface area contributed by atoms with Gasteiger partial charge < -0.3 is 58.2 Å². The highest BCUT2D eigenvalue weighted by Crippen LogP contribution is 2.47. The Morgan fingerprint density at radius 2 is 0.929 bits per heavy atom. The number of fused-ring (bicyclic) bond motifs is 2. The minimum Gasteiger partial charge on any atom is -0.464 e. The fraction of sp³-hybridized carbons (Fsp3) is 0.479. The Morgan fingerprint density at radius 1 is 0.545 bits per heavy atom. The fourth-order valence-electron chi connectivity index (χ4n) is 12.8. The Kier molecular flexibility index (Phi) is 25.1. The molecule has 0 bridgehead atoms. The van der Waals surface area contributed by atoms with Gasteiger partial charge in [0.15, 0.2) is 0 Å². The van der Waals surface area contributed by atoms with Gasteiger partial charge in [-0.2, -0.15) is 26.3 Å². The largest absolute Gasteiger partial charge is 0.464 e. The van der Waals surface area contributed by atoms with Crippen LogP contribution in [0.2, 0.25) is 0 Å². The summed E-state index contributed by atoms with van der Waals surface area (Å²) >= 11 is 0. The van der Waals surface area contributed by atoms with Crippen LogP contribution in [0.3, 0.4) is 0 Å². The standard InChI is InChI=1S/C40H46F3N3O7.C33H40F3N3O7/c1-5-51-37(49)39(4)36(48)45(22-21-44(25-28-15-9-6-10-16-28)38(50)52-26-29-17-11-7-12-18-29)33-23-31(32(40(41,42)43)24-34(33)53-39)35(47)46(27(2)3)30-19-13-8-14-20-30;1-5-44-30(42)32(4)29(41)38(17-16-37-31(43)45-20-22-12-8-6-9-13-22)26-18-24(25(33(34,35)36)19-27(26)46-32)28(40)39(21(2)3)23-14-10-7-11-15-23/h6-7,9-12,15-18,23-24,27,30H,5,8,13-14,19-22,25-26H2,1-4H3;6,8-9,12-13,18-19,21,23H,5,7,10-11,14-17,20H2,1-4H3,(H,37,43). The Bertz CT molecular complexity index is 3660. The molecule has 0 aromatic heterocycles. The molecule has 2 aliphatic heterocycles. The number of anilines is 2. The summed E-state index contributed by atoms with van der Waals surface area (Å²) in [6.45, 7) is 11.2. The van der Waals surface area contributed by atoms with Crippen LogP contribution in [0.15, 0.2) is 115 Å². The van der Waals surface area contributed by atoms with Gasteiger partial charge >= 0.3 is 36.5 Å². The van der Waals surface area contributed by atoms with Gasteiger partial charge in [0.1, 0.15) is 24.7 Å². The molecule has 5 aromatic carbocycles. The summed E-state index contributed by atoms with van der Waals surface area (Å²) in [5, 5.41) is 2.52. The highest BCUT2D eigenvalue weighted by molar-refractivity contribution is 6.17. The maximum Gasteiger partial charge on any atom is 0.417 e. The van der Waals surface area contributed by atoms with Crippen molar-refractivity contribution >= 4 is 59.1 Å². The van der Waals surface area contributed by atoms with Gasteiger partial charge in [-0.05, 0) is 122 Å². The minimum absolute atomic E-state index is 0.00798. The van der Waals surface area contributed by atoms with Crippen molar-refractivity contribution < 1.29 is 93.1 Å². The lowest BCUT2D eigenvalue weighted by Crippen LogP contribution is -2.60. The van der Waals surface area contributed by atoms with Crippen molar-refractivity contribution in [1.82, 2.24) is 20.0 Å². The van der Waals surface area contributed by atoms with E-state index < -0.39 is 111 Å². The SMILES string of the molecule is CCOC(=O)C1(C)Oc2cc(C(F)(F)F)c(C(=O)N(C(C)C)C3CCCCC3)cc2N(CCN(Cc2ccccc2)C(=O)OCc2ccccc2)C1=O.CCOC(=O)C1(C)Oc2cc(C(F)(F)F)c(C(=O)N(C(C)C)C3CCCCC3)cc2N(CCNC(=O)OCc2ccccc2)C1=O. The first-order valence-corrected chi connectivity index (χ1v) is 33.5. The number of hydrogen-bond acceptors (Lipinski definition) is 14. The van der Waals surface area contributed by atoms with E-state index in [0.29, 0.717) is 37.8 Å². The number of benzene rings is 5. The number of halogens is 6. The quantitative estimate of drug-likeness (QED) is 0.0295. The Morgan fingerprint density at radius 3 is 1.31 bits per heavy atom. The van der Waals surface area contributed by atoms with Gasteiger partial charge in [0.25, 0.3) is 34.8 Å². The van der Waals surface area contributed by atoms with E-state index in [-0.39, 0.29) is 88.7 Å². The summed E-state index contributed by atoms with van der Waals surface area (Å²) in [6.07, 6.45) is -3.35. The lowest BCUT2D eigenvalue weighted by molar-refractivity contribution is -0.167. The molecule has 6 amide bonds. The summed E-state index contributed by atoms with van der Waals surface area (Å²) in [4.78, 5) is 115. The van der Waals surface area contributed by atoms with E-state index in [0.717, 1.165) is 91.0 Å². The molecule has 9 rings (SSSR count). The van der Waals surface area contributed by atoms with Crippen molar-refractivity contribution in [2.24, 2.45) is 0 Å². The van der Waals surface area contributed by atoms with E-state index in [4.69, 9.17) is 28.4 Å². The maximum absolute atomic E-state index is 14.8. The van der Waals surface area contributed by atoms with Gasteiger partial charge in [0.2, 0.25) is 0 Å². The van der Waals surface area contributed by atoms with Gasteiger partial charge in [-0.1, -0.05) is 130 Å². The average Bonchev–Trinajstić information content (AvgIpc) is 0.742. The van der Waals surface area contributed by atoms with Gasteiger partial charge in [0.05, 0.1) is 46.8 Å². The normalized spacial score (nSPS) is 17.9. The summed E-state index contributed by atoms with van der Waals surface area (Å²) < 4.78 is 121. The van der Waals surface area contributed by atoms with E-state index in [1.807, 2.05) is 42.5 Å². The number of hydrogen-bond donors (Lipinski definition) is 1. The minimum atomic E-state index is -4.99. The van der Waals surface area contributed by atoms with Crippen molar-refractivity contribution in [3.8, 4) is 11.5 Å². The predicted molar refractivity (Wildman–Crippen MR) is 353 cm³/mol. The lowest BCUT2D eigenvalue weighted by Gasteiger charge is -2.41. The molecule has 0 saturated heterocycles. The molecule has 534 valence electrons. The molecule has 99 heavy (non-hydrogen) atoms. The fourth-order valence-corrected chi connectivity index (χ4v) is 12.8. The third kappa shape index (κ3) is 18.1. The van der Waals surface area contributed by atoms with E-state index >= 15 is 0 Å². The van der Waals surface area contributed by atoms with E-state index in [1.54, 1.807) is 76.2 Å². The molecule has 20 nitrogen and oxygen atoms in total. The molecule has 2 aliphatic carbocycles. The number of esters is 2. The van der Waals surface area contributed by atoms with Crippen LogP contribution in [0.5, 0.6) is 11.5 Å². The smallest absolute Gasteiger partial charge is 0.417 e. The second-order valence-corrected chi connectivity index (χ2v) is 25.5. The summed E-state index contributed by atoms with van der Waals surface area (Å²) in [5.41, 5.74) is -6.48. The van der Waals surface area contributed by atoms with Crippen LogP contribution in [0.1, 0.15) is 168 Å². The molecule has 2 atom stereocenters. The first-order valence-electron chi connectivity index (χ1n) is 33.5. The molecule has 2 saturated carbocycles. The van der Waals surface area contributed by atoms with E-state index in [9.17, 15) is 64.7 Å². The summed E-state index contributed by atoms with van der Waals surface area (Å²) in [7, 11) is 0. The highest BCUT2D eigenvalue weighted by Gasteiger charge is 2.55. The molecule has 0 radical (unpaired) electrons. The molecule has 1 N–H and O–H groups in total. The second kappa shape index (κ2) is 33.0. The van der Waals surface area contributed by atoms with Gasteiger partial charge in [0, 0.05) is 56.9 Å². The van der Waals surface area contributed by atoms with Crippen molar-refractivity contribution in [1.29, 1.82) is 0 Å². The third-order valence-corrected chi connectivity index (χ3v) is 17.7. The first kappa shape index (κ1) is 75.4. The number of nitrogens with one attached hydrogen (secondary N) is 1. The van der Waals surface area contributed by atoms with Crippen LogP contribution >= 0.6 is 0 Å². The number of ether oxygens (including phenoxy) is 6. The molecular formula is C73H86F6N6O14. The Labute approximate surface area is 572 Å². The zero-order chi connectivity index (χ0) is 72.0. The Hall–Kier alpha value is -9.36. The van der Waals surface area contributed by atoms with Crippen molar-refractivity contribution in [2.45, 2.75) is 187 Å². The molecule has 26 heteroatoms. The molecule has 4 aliphatic rings. The number of nitrogens with zero attached hydrogens (tertiary/aromatic N) is 5. The summed E-state index contributed by atoms with van der Waals surface area (Å²) in [5.74, 6) is -6.53. The zero-order valence-corrected chi connectivity index (χ0v) is 56.9. The number of amides is 6. The van der Waals surface area contributed by atoms with E-state index in [2.05, 4.69) is 5.32 Å². The Balaban J connectivity index is 0.000000255. The zero-order valence-electron chi connectivity index (χ0n) is 56.9. The van der Waals surface area contributed by atoms with Crippen molar-refractivity contribution in [3.63, 3.8) is 0 Å². The first-order chi connectivity index (χ1) is 47.0. The molecular weight excluding hydrogens is 1300 g/mol. The maximum atomic E-state index is 14.8. The molecule has 0 spiro atoms. The van der Waals surface area contributed by atoms with Gasteiger partial charge in [-0.25, -0.2) is 19.2 Å². The lowest BCUT2D eigenvalue weighted by atomic mass is 9.92. The van der Waals surface area contributed by atoms with Crippen molar-refractivity contribution in [2.75, 3.05) is 49.2 Å². The molecule has 2 heterocycles. The predicted octanol–water partition coefficient (Wildman–Crippen LogP) is 13.6. The highest BCUT2D eigenvalue weighted by atomic mass is 19.4. The van der Waals surface area contributed by atoms with Crippen LogP contribution in [-0.2, 0) is 70.2 Å². The van der Waals surface area contributed by atoms with Crippen molar-refractivity contribution in [3.05, 3.63) is 154 Å². The van der Waals surface area contributed by atoms with Crippen LogP contribution in [0.4, 0.5) is 47.3 Å². The number of rotatable bonds is 22. The molecule has 2 unspecified atom stereocenters. The van der Waals surface area contributed by atoms with Crippen LogP contribution in [-0.4, -0.2) is 137 Å². The monoisotopic (exact) mass is 1380 g/mol. The topological polar surface area (TPSA) is 220 Å². The molecule has 5 aromatic rings. The van der Waals surface area contributed by atoms with E-state index in [1.165, 1.54) is 28.5 Å². The second-order valence-electron chi connectivity index (χ2n) is 25.5. The third-order valence-electron chi connectivity index (χ3n) is 17.7. The van der Waals surface area contributed by atoms with Crippen LogP contribution in [0.25, 0.3) is 0 Å².